The van der Waals surface area contributed by atoms with Gasteiger partial charge >= 0.3 is 0 Å². The first-order valence-corrected chi connectivity index (χ1v) is 9.70. The van der Waals surface area contributed by atoms with Crippen molar-refractivity contribution in [3.8, 4) is 5.88 Å². The Balaban J connectivity index is 0.00000312. The Hall–Kier alpha value is -1.10. The van der Waals surface area contributed by atoms with E-state index in [2.05, 4.69) is 15.3 Å². The van der Waals surface area contributed by atoms with Crippen LogP contribution in [0.25, 0.3) is 0 Å². The standard InChI is InChI=1S/C16H26N4O3S.HI/c1-5-23-14-13(7-6-8-18-14)11-19-15(17-4)20-9-10-24(21,22)16(2,3)12-20;/h6-8H,5,9-12H2,1-4H3,(H,17,19);1H. The van der Waals surface area contributed by atoms with Crippen molar-refractivity contribution >= 4 is 39.8 Å². The summed E-state index contributed by atoms with van der Waals surface area (Å²) in [5.74, 6) is 1.42. The third-order valence-electron chi connectivity index (χ3n) is 4.12. The Morgan fingerprint density at radius 1 is 1.48 bits per heavy atom. The van der Waals surface area contributed by atoms with E-state index in [0.29, 0.717) is 38.1 Å². The van der Waals surface area contributed by atoms with Crippen LogP contribution in [0.3, 0.4) is 0 Å². The predicted octanol–water partition coefficient (Wildman–Crippen LogP) is 1.68. The van der Waals surface area contributed by atoms with Crippen LogP contribution in [0.5, 0.6) is 5.88 Å². The second-order valence-electron chi connectivity index (χ2n) is 6.30. The molecule has 25 heavy (non-hydrogen) atoms. The van der Waals surface area contributed by atoms with Crippen molar-refractivity contribution in [1.82, 2.24) is 15.2 Å². The number of guanidine groups is 1. The molecule has 142 valence electrons. The van der Waals surface area contributed by atoms with Gasteiger partial charge in [-0.15, -0.1) is 24.0 Å². The molecular weight excluding hydrogens is 455 g/mol. The molecule has 0 amide bonds. The summed E-state index contributed by atoms with van der Waals surface area (Å²) >= 11 is 0. The molecular formula is C16H27IN4O3S. The molecule has 0 saturated carbocycles. The first-order valence-electron chi connectivity index (χ1n) is 8.05. The fourth-order valence-corrected chi connectivity index (χ4v) is 4.02. The van der Waals surface area contributed by atoms with Crippen molar-refractivity contribution < 1.29 is 13.2 Å². The zero-order valence-electron chi connectivity index (χ0n) is 15.2. The fourth-order valence-electron chi connectivity index (χ4n) is 2.66. The maximum absolute atomic E-state index is 12.1. The molecule has 1 aromatic rings. The van der Waals surface area contributed by atoms with E-state index in [1.54, 1.807) is 27.1 Å². The average Bonchev–Trinajstić information content (AvgIpc) is 2.53. The minimum atomic E-state index is -3.07. The lowest BCUT2D eigenvalue weighted by molar-refractivity contribution is 0.321. The maximum atomic E-state index is 12.1. The monoisotopic (exact) mass is 482 g/mol. The van der Waals surface area contributed by atoms with Crippen LogP contribution in [0.15, 0.2) is 23.3 Å². The molecule has 7 nitrogen and oxygen atoms in total. The lowest BCUT2D eigenvalue weighted by Gasteiger charge is -2.39. The second-order valence-corrected chi connectivity index (χ2v) is 9.04. The van der Waals surface area contributed by atoms with Gasteiger partial charge in [-0.3, -0.25) is 4.99 Å². The molecule has 2 rings (SSSR count). The number of sulfone groups is 1. The van der Waals surface area contributed by atoms with Gasteiger partial charge in [-0.05, 0) is 26.8 Å². The van der Waals surface area contributed by atoms with E-state index in [1.165, 1.54) is 0 Å². The van der Waals surface area contributed by atoms with Crippen LogP contribution >= 0.6 is 24.0 Å². The number of halogens is 1. The van der Waals surface area contributed by atoms with E-state index >= 15 is 0 Å². The van der Waals surface area contributed by atoms with Crippen molar-refractivity contribution in [2.75, 3.05) is 32.5 Å². The number of aromatic nitrogens is 1. The fraction of sp³-hybridized carbons (Fsp3) is 0.625. The van der Waals surface area contributed by atoms with E-state index in [1.807, 2.05) is 24.0 Å². The summed E-state index contributed by atoms with van der Waals surface area (Å²) in [7, 11) is -1.37. The number of nitrogens with one attached hydrogen (secondary N) is 1. The lowest BCUT2D eigenvalue weighted by Crippen LogP contribution is -2.57. The molecule has 1 aliphatic rings. The summed E-state index contributed by atoms with van der Waals surface area (Å²) in [4.78, 5) is 10.5. The highest BCUT2D eigenvalue weighted by Crippen LogP contribution is 2.24. The number of nitrogens with zero attached hydrogens (tertiary/aromatic N) is 3. The topological polar surface area (TPSA) is 83.9 Å². The summed E-state index contributed by atoms with van der Waals surface area (Å²) in [6.07, 6.45) is 1.70. The molecule has 1 saturated heterocycles. The molecule has 0 spiro atoms. The molecule has 0 aliphatic carbocycles. The second kappa shape index (κ2) is 9.02. The van der Waals surface area contributed by atoms with Crippen molar-refractivity contribution in [3.63, 3.8) is 0 Å². The molecule has 9 heteroatoms. The Kier molecular flexibility index (Phi) is 7.91. The van der Waals surface area contributed by atoms with Gasteiger partial charge in [0.05, 0.1) is 17.1 Å². The third-order valence-corrected chi connectivity index (χ3v) is 6.66. The van der Waals surface area contributed by atoms with E-state index in [0.717, 1.165) is 5.56 Å². The smallest absolute Gasteiger partial charge is 0.218 e. The summed E-state index contributed by atoms with van der Waals surface area (Å²) in [5.41, 5.74) is 0.935. The average molecular weight is 482 g/mol. The third kappa shape index (κ3) is 5.19. The van der Waals surface area contributed by atoms with Gasteiger partial charge in [-0.1, -0.05) is 6.07 Å². The van der Waals surface area contributed by atoms with E-state index in [-0.39, 0.29) is 29.7 Å². The van der Waals surface area contributed by atoms with Crippen LogP contribution < -0.4 is 10.1 Å². The van der Waals surface area contributed by atoms with Gasteiger partial charge in [0.15, 0.2) is 15.8 Å². The van der Waals surface area contributed by atoms with Crippen molar-refractivity contribution in [3.05, 3.63) is 23.9 Å². The highest BCUT2D eigenvalue weighted by atomic mass is 127. The summed E-state index contributed by atoms with van der Waals surface area (Å²) in [6, 6.07) is 3.81. The van der Waals surface area contributed by atoms with Crippen LogP contribution in [0, 0.1) is 0 Å². The largest absolute Gasteiger partial charge is 0.478 e. The summed E-state index contributed by atoms with van der Waals surface area (Å²) < 4.78 is 29.0. The number of hydrogen-bond acceptors (Lipinski definition) is 5. The molecule has 1 aromatic heterocycles. The first-order chi connectivity index (χ1) is 11.3. The molecule has 0 atom stereocenters. The molecule has 1 fully saturated rings. The van der Waals surface area contributed by atoms with E-state index in [9.17, 15) is 8.42 Å². The minimum Gasteiger partial charge on any atom is -0.478 e. The highest BCUT2D eigenvalue weighted by Gasteiger charge is 2.40. The molecule has 0 radical (unpaired) electrons. The number of ether oxygens (including phenoxy) is 1. The Morgan fingerprint density at radius 3 is 2.80 bits per heavy atom. The van der Waals surface area contributed by atoms with Crippen LogP contribution in [-0.2, 0) is 16.4 Å². The Labute approximate surface area is 167 Å². The highest BCUT2D eigenvalue weighted by molar-refractivity contribution is 14.0. The number of pyridine rings is 1. The molecule has 0 bridgehead atoms. The number of aliphatic imine (C=N–C) groups is 1. The summed E-state index contributed by atoms with van der Waals surface area (Å²) in [5, 5.41) is 3.28. The Bertz CT molecular complexity index is 707. The minimum absolute atomic E-state index is 0. The quantitative estimate of drug-likeness (QED) is 0.400. The number of rotatable bonds is 4. The molecule has 1 aliphatic heterocycles. The Morgan fingerprint density at radius 2 is 2.20 bits per heavy atom. The van der Waals surface area contributed by atoms with Gasteiger partial charge in [-0.2, -0.15) is 0 Å². The molecule has 0 aromatic carbocycles. The molecule has 1 N–H and O–H groups in total. The zero-order chi connectivity index (χ0) is 17.8. The van der Waals surface area contributed by atoms with Crippen molar-refractivity contribution in [2.45, 2.75) is 32.1 Å². The van der Waals surface area contributed by atoms with E-state index in [4.69, 9.17) is 4.74 Å². The van der Waals surface area contributed by atoms with Crippen molar-refractivity contribution in [2.24, 2.45) is 4.99 Å². The van der Waals surface area contributed by atoms with E-state index < -0.39 is 14.6 Å². The van der Waals surface area contributed by atoms with Crippen LogP contribution in [0.1, 0.15) is 26.3 Å². The van der Waals surface area contributed by atoms with Gasteiger partial charge < -0.3 is 15.0 Å². The van der Waals surface area contributed by atoms with Gasteiger partial charge in [0.2, 0.25) is 5.88 Å². The van der Waals surface area contributed by atoms with Gasteiger partial charge in [0.25, 0.3) is 0 Å². The van der Waals surface area contributed by atoms with Gasteiger partial charge in [0, 0.05) is 38.4 Å². The van der Waals surface area contributed by atoms with Gasteiger partial charge in [0.1, 0.15) is 0 Å². The summed E-state index contributed by atoms with van der Waals surface area (Å²) in [6.45, 7) is 7.36. The maximum Gasteiger partial charge on any atom is 0.218 e. The zero-order valence-corrected chi connectivity index (χ0v) is 18.3. The van der Waals surface area contributed by atoms with Crippen LogP contribution in [-0.4, -0.2) is 61.5 Å². The van der Waals surface area contributed by atoms with Gasteiger partial charge in [-0.25, -0.2) is 13.4 Å². The van der Waals surface area contributed by atoms with Crippen LogP contribution in [0.2, 0.25) is 0 Å². The SMILES string of the molecule is CCOc1ncccc1CNC(=NC)N1CCS(=O)(=O)C(C)(C)C1.I. The molecule has 2 heterocycles. The normalized spacial score (nSPS) is 19.0. The number of hydrogen-bond donors (Lipinski definition) is 1. The molecule has 0 unspecified atom stereocenters. The first kappa shape index (κ1) is 21.9. The lowest BCUT2D eigenvalue weighted by atomic mass is 10.2. The van der Waals surface area contributed by atoms with Crippen LogP contribution in [0.4, 0.5) is 0 Å². The predicted molar refractivity (Wildman–Crippen MR) is 110 cm³/mol. The van der Waals surface area contributed by atoms with Crippen molar-refractivity contribution in [1.29, 1.82) is 0 Å².